The molecule has 18 heavy (non-hydrogen) atoms. The van der Waals surface area contributed by atoms with Crippen LogP contribution in [0.1, 0.15) is 5.56 Å². The maximum Gasteiger partial charge on any atom is 0.319 e. The van der Waals surface area contributed by atoms with E-state index in [9.17, 15) is 8.78 Å². The number of hydrogen-bond donors (Lipinski definition) is 0. The first-order valence-corrected chi connectivity index (χ1v) is 5.52. The Morgan fingerprint density at radius 3 is 2.28 bits per heavy atom. The predicted octanol–water partition coefficient (Wildman–Crippen LogP) is 2.59. The zero-order valence-corrected chi connectivity index (χ0v) is 10.5. The third-order valence-corrected chi connectivity index (χ3v) is 2.73. The van der Waals surface area contributed by atoms with Crippen LogP contribution >= 0.6 is 0 Å². The Hall–Kier alpha value is -1.62. The summed E-state index contributed by atoms with van der Waals surface area (Å²) in [5.41, 5.74) is 0.611. The Balaban J connectivity index is 2.24. The highest BCUT2D eigenvalue weighted by atomic mass is 19.3. The van der Waals surface area contributed by atoms with Crippen molar-refractivity contribution in [2.75, 3.05) is 21.2 Å². The van der Waals surface area contributed by atoms with Crippen molar-refractivity contribution in [3.8, 4) is 5.75 Å². The molecule has 0 aromatic heterocycles. The number of methoxy groups -OCH3 is 1. The van der Waals surface area contributed by atoms with E-state index in [-0.39, 0.29) is 5.76 Å². The van der Waals surface area contributed by atoms with Gasteiger partial charge in [-0.25, -0.2) is 0 Å². The molecule has 0 fully saturated rings. The zero-order valence-electron chi connectivity index (χ0n) is 10.5. The van der Waals surface area contributed by atoms with Crippen LogP contribution in [0.2, 0.25) is 0 Å². The van der Waals surface area contributed by atoms with Gasteiger partial charge in [0.15, 0.2) is 0 Å². The van der Waals surface area contributed by atoms with Gasteiger partial charge in [-0.2, -0.15) is 8.78 Å². The molecule has 0 radical (unpaired) electrons. The molecule has 0 saturated carbocycles. The molecule has 5 heteroatoms. The van der Waals surface area contributed by atoms with Gasteiger partial charge in [-0.15, -0.1) is 0 Å². The van der Waals surface area contributed by atoms with Crippen LogP contribution in [-0.4, -0.2) is 38.3 Å². The van der Waals surface area contributed by atoms with Gasteiger partial charge < -0.3 is 9.47 Å². The highest BCUT2D eigenvalue weighted by Gasteiger charge is 2.47. The summed E-state index contributed by atoms with van der Waals surface area (Å²) >= 11 is 0. The third kappa shape index (κ3) is 2.31. The minimum atomic E-state index is -2.99. The van der Waals surface area contributed by atoms with E-state index in [1.54, 1.807) is 45.5 Å². The van der Waals surface area contributed by atoms with Crippen LogP contribution in [0.15, 0.2) is 30.3 Å². The first kappa shape index (κ1) is 12.8. The van der Waals surface area contributed by atoms with Gasteiger partial charge in [0.2, 0.25) is 6.23 Å². The lowest BCUT2D eigenvalue weighted by Gasteiger charge is -2.24. The summed E-state index contributed by atoms with van der Waals surface area (Å²) in [7, 11) is 4.67. The Morgan fingerprint density at radius 1 is 1.22 bits per heavy atom. The molecule has 1 unspecified atom stereocenters. The first-order chi connectivity index (χ1) is 8.44. The second kappa shape index (κ2) is 4.57. The maximum absolute atomic E-state index is 13.7. The van der Waals surface area contributed by atoms with Crippen LogP contribution in [0.5, 0.6) is 5.75 Å². The largest absolute Gasteiger partial charge is 0.497 e. The summed E-state index contributed by atoms with van der Waals surface area (Å²) in [5, 5.41) is 0. The van der Waals surface area contributed by atoms with Gasteiger partial charge in [0, 0.05) is 11.6 Å². The smallest absolute Gasteiger partial charge is 0.319 e. The molecule has 0 spiro atoms. The van der Waals surface area contributed by atoms with Crippen molar-refractivity contribution in [1.29, 1.82) is 0 Å². The van der Waals surface area contributed by atoms with Crippen LogP contribution in [0.25, 0.3) is 5.76 Å². The van der Waals surface area contributed by atoms with Crippen molar-refractivity contribution < 1.29 is 18.3 Å². The fraction of sp³-hybridized carbons (Fsp3) is 0.385. The van der Waals surface area contributed by atoms with Gasteiger partial charge in [-0.1, -0.05) is 0 Å². The molecule has 0 N–H and O–H groups in total. The minimum Gasteiger partial charge on any atom is -0.497 e. The first-order valence-electron chi connectivity index (χ1n) is 5.52. The molecule has 1 aliphatic heterocycles. The van der Waals surface area contributed by atoms with Crippen molar-refractivity contribution in [2.24, 2.45) is 0 Å². The normalized spacial score (nSPS) is 21.7. The lowest BCUT2D eigenvalue weighted by Crippen LogP contribution is -2.41. The van der Waals surface area contributed by atoms with E-state index in [1.807, 2.05) is 0 Å². The fourth-order valence-corrected chi connectivity index (χ4v) is 1.84. The Morgan fingerprint density at radius 2 is 1.83 bits per heavy atom. The molecular weight excluding hydrogens is 240 g/mol. The molecule has 3 nitrogen and oxygen atoms in total. The van der Waals surface area contributed by atoms with E-state index in [0.717, 1.165) is 6.08 Å². The van der Waals surface area contributed by atoms with Crippen molar-refractivity contribution >= 4 is 5.76 Å². The van der Waals surface area contributed by atoms with Crippen LogP contribution in [-0.2, 0) is 4.74 Å². The van der Waals surface area contributed by atoms with E-state index in [0.29, 0.717) is 11.3 Å². The Bertz CT molecular complexity index is 455. The fourth-order valence-electron chi connectivity index (χ4n) is 1.84. The van der Waals surface area contributed by atoms with E-state index in [4.69, 9.17) is 9.47 Å². The topological polar surface area (TPSA) is 21.7 Å². The van der Waals surface area contributed by atoms with Crippen LogP contribution in [0.4, 0.5) is 8.78 Å². The Kier molecular flexibility index (Phi) is 3.26. The van der Waals surface area contributed by atoms with Crippen molar-refractivity contribution in [2.45, 2.75) is 12.2 Å². The molecule has 0 bridgehead atoms. The molecule has 1 aromatic rings. The van der Waals surface area contributed by atoms with E-state index >= 15 is 0 Å². The second-order valence-electron chi connectivity index (χ2n) is 4.35. The molecule has 1 aromatic carbocycles. The highest BCUT2D eigenvalue weighted by molar-refractivity contribution is 5.63. The second-order valence-corrected chi connectivity index (χ2v) is 4.35. The van der Waals surface area contributed by atoms with Gasteiger partial charge >= 0.3 is 5.92 Å². The summed E-state index contributed by atoms with van der Waals surface area (Å²) in [6.07, 6.45) is -0.394. The number of halogens is 2. The SMILES string of the molecule is COc1ccc(C2=CC(F)(F)C(N(C)C)O2)cc1. The molecular formula is C13H15F2NO2. The molecule has 2 rings (SSSR count). The monoisotopic (exact) mass is 255 g/mol. The zero-order chi connectivity index (χ0) is 13.3. The molecule has 0 amide bonds. The van der Waals surface area contributed by atoms with E-state index in [1.165, 1.54) is 4.90 Å². The molecule has 0 saturated heterocycles. The average molecular weight is 255 g/mol. The number of nitrogens with zero attached hydrogens (tertiary/aromatic N) is 1. The summed E-state index contributed by atoms with van der Waals surface area (Å²) in [6, 6.07) is 6.80. The number of rotatable bonds is 3. The molecule has 1 atom stereocenters. The number of ether oxygens (including phenoxy) is 2. The molecule has 1 aliphatic rings. The summed E-state index contributed by atoms with van der Waals surface area (Å²) in [6.45, 7) is 0. The van der Waals surface area contributed by atoms with Gasteiger partial charge in [-0.3, -0.25) is 4.90 Å². The predicted molar refractivity (Wildman–Crippen MR) is 64.5 cm³/mol. The van der Waals surface area contributed by atoms with Gasteiger partial charge in [0.05, 0.1) is 7.11 Å². The van der Waals surface area contributed by atoms with Gasteiger partial charge in [0.1, 0.15) is 11.5 Å². The lowest BCUT2D eigenvalue weighted by atomic mass is 10.1. The van der Waals surface area contributed by atoms with Gasteiger partial charge in [0.25, 0.3) is 0 Å². The maximum atomic E-state index is 13.7. The third-order valence-electron chi connectivity index (χ3n) is 2.73. The quantitative estimate of drug-likeness (QED) is 0.828. The van der Waals surface area contributed by atoms with E-state index < -0.39 is 12.2 Å². The Labute approximate surface area is 105 Å². The number of benzene rings is 1. The summed E-state index contributed by atoms with van der Waals surface area (Å²) in [4.78, 5) is 1.35. The van der Waals surface area contributed by atoms with Crippen molar-refractivity contribution in [1.82, 2.24) is 4.90 Å². The van der Waals surface area contributed by atoms with Crippen LogP contribution < -0.4 is 4.74 Å². The minimum absolute atomic E-state index is 0.196. The van der Waals surface area contributed by atoms with Crippen molar-refractivity contribution in [3.05, 3.63) is 35.9 Å². The van der Waals surface area contributed by atoms with E-state index in [2.05, 4.69) is 0 Å². The van der Waals surface area contributed by atoms with Crippen LogP contribution in [0, 0.1) is 0 Å². The number of alkyl halides is 2. The lowest BCUT2D eigenvalue weighted by molar-refractivity contribution is -0.110. The average Bonchev–Trinajstić information content (AvgIpc) is 2.65. The van der Waals surface area contributed by atoms with Crippen LogP contribution in [0.3, 0.4) is 0 Å². The molecule has 0 aliphatic carbocycles. The molecule has 1 heterocycles. The highest BCUT2D eigenvalue weighted by Crippen LogP contribution is 2.38. The molecule has 98 valence electrons. The summed E-state index contributed by atoms with van der Waals surface area (Å²) in [5.74, 6) is -2.12. The number of hydrogen-bond acceptors (Lipinski definition) is 3. The summed E-state index contributed by atoms with van der Waals surface area (Å²) < 4.78 is 37.7. The standard InChI is InChI=1S/C13H15F2NO2/c1-16(2)12-13(14,15)8-11(18-12)9-4-6-10(17-3)7-5-9/h4-8,12H,1-3H3. The van der Waals surface area contributed by atoms with Crippen molar-refractivity contribution in [3.63, 3.8) is 0 Å². The van der Waals surface area contributed by atoms with Gasteiger partial charge in [-0.05, 0) is 38.4 Å².